The normalized spacial score (nSPS) is 12.3. The van der Waals surface area contributed by atoms with Gasteiger partial charge in [0.05, 0.1) is 0 Å². The highest BCUT2D eigenvalue weighted by Crippen LogP contribution is 2.32. The number of benzene rings is 2. The maximum absolute atomic E-state index is 4.45. The molecule has 0 aliphatic heterocycles. The summed E-state index contributed by atoms with van der Waals surface area (Å²) in [6, 6.07) is 21.2. The first-order chi connectivity index (χ1) is 8.40. The molecule has 0 saturated carbocycles. The molecule has 2 rings (SSSR count). The van der Waals surface area contributed by atoms with E-state index >= 15 is 0 Å². The Morgan fingerprint density at radius 2 is 1.47 bits per heavy atom. The molecular weight excluding hydrogens is 244 g/mol. The van der Waals surface area contributed by atoms with Crippen molar-refractivity contribution in [3.8, 4) is 0 Å². The van der Waals surface area contributed by atoms with Gasteiger partial charge in [0.15, 0.2) is 0 Å². The fraction of sp³-hybridized carbons (Fsp3) is 0.200. The lowest BCUT2D eigenvalue weighted by atomic mass is 10.2. The van der Waals surface area contributed by atoms with Crippen LogP contribution in [0, 0.1) is 0 Å². The highest BCUT2D eigenvalue weighted by Gasteiger charge is 2.09. The lowest BCUT2D eigenvalue weighted by Gasteiger charge is -2.14. The van der Waals surface area contributed by atoms with E-state index in [-0.39, 0.29) is 0 Å². The van der Waals surface area contributed by atoms with Gasteiger partial charge in [-0.3, -0.25) is 0 Å². The fourth-order valence-corrected chi connectivity index (χ4v) is 3.26. The summed E-state index contributed by atoms with van der Waals surface area (Å²) < 4.78 is 0. The Labute approximate surface area is 113 Å². The number of hydrogen-bond donors (Lipinski definition) is 1. The van der Waals surface area contributed by atoms with Crippen molar-refractivity contribution in [2.75, 3.05) is 5.75 Å². The van der Waals surface area contributed by atoms with Crippen LogP contribution in [0.5, 0.6) is 0 Å². The molecule has 2 heteroatoms. The Balaban J connectivity index is 1.97. The van der Waals surface area contributed by atoms with Crippen molar-refractivity contribution in [3.63, 3.8) is 0 Å². The van der Waals surface area contributed by atoms with Crippen LogP contribution < -0.4 is 0 Å². The highest BCUT2D eigenvalue weighted by molar-refractivity contribution is 7.99. The molecule has 0 bridgehead atoms. The van der Waals surface area contributed by atoms with Crippen molar-refractivity contribution in [1.82, 2.24) is 0 Å². The molecule has 0 radical (unpaired) electrons. The topological polar surface area (TPSA) is 0 Å². The molecule has 0 aromatic heterocycles. The third-order valence-electron chi connectivity index (χ3n) is 2.63. The maximum Gasteiger partial charge on any atom is 0.0388 e. The van der Waals surface area contributed by atoms with Gasteiger partial charge in [0.2, 0.25) is 0 Å². The van der Waals surface area contributed by atoms with Gasteiger partial charge in [-0.2, -0.15) is 12.6 Å². The summed E-state index contributed by atoms with van der Waals surface area (Å²) in [5.41, 5.74) is 2.74. The number of thioether (sulfide) groups is 1. The molecule has 0 N–H and O–H groups in total. The second-order valence-corrected chi connectivity index (χ2v) is 5.43. The van der Waals surface area contributed by atoms with Crippen LogP contribution in [0.3, 0.4) is 0 Å². The van der Waals surface area contributed by atoms with Gasteiger partial charge < -0.3 is 0 Å². The highest BCUT2D eigenvalue weighted by atomic mass is 32.2. The molecule has 2 aromatic rings. The molecule has 17 heavy (non-hydrogen) atoms. The molecule has 88 valence electrons. The molecular formula is C15H16S2. The van der Waals surface area contributed by atoms with Crippen molar-refractivity contribution < 1.29 is 0 Å². The lowest BCUT2D eigenvalue weighted by molar-refractivity contribution is 1.12. The van der Waals surface area contributed by atoms with Crippen molar-refractivity contribution in [3.05, 3.63) is 71.8 Å². The fourth-order valence-electron chi connectivity index (χ4n) is 1.69. The van der Waals surface area contributed by atoms with Crippen molar-refractivity contribution in [2.24, 2.45) is 0 Å². The molecule has 0 nitrogen and oxygen atoms in total. The summed E-state index contributed by atoms with van der Waals surface area (Å²) in [4.78, 5) is 0. The Morgan fingerprint density at radius 1 is 0.882 bits per heavy atom. The Kier molecular flexibility index (Phi) is 5.02. The van der Waals surface area contributed by atoms with Crippen LogP contribution in [0.4, 0.5) is 0 Å². The van der Waals surface area contributed by atoms with Crippen LogP contribution in [0.2, 0.25) is 0 Å². The summed E-state index contributed by atoms with van der Waals surface area (Å²) in [6.07, 6.45) is 0. The van der Waals surface area contributed by atoms with E-state index in [1.165, 1.54) is 11.1 Å². The second-order valence-electron chi connectivity index (χ2n) is 3.88. The Morgan fingerprint density at radius 3 is 2.06 bits per heavy atom. The van der Waals surface area contributed by atoms with Crippen LogP contribution >= 0.6 is 24.4 Å². The quantitative estimate of drug-likeness (QED) is 0.767. The van der Waals surface area contributed by atoms with Crippen LogP contribution in [0.1, 0.15) is 16.4 Å². The maximum atomic E-state index is 4.45. The Bertz CT molecular complexity index is 425. The molecule has 1 unspecified atom stereocenters. The molecule has 2 aromatic carbocycles. The summed E-state index contributed by atoms with van der Waals surface area (Å²) in [5, 5.41) is 0.472. The standard InChI is InChI=1S/C15H16S2/c16-11-15(14-9-5-2-6-10-14)17-12-13-7-3-1-4-8-13/h1-10,15-16H,11-12H2. The predicted molar refractivity (Wildman–Crippen MR) is 80.8 cm³/mol. The van der Waals surface area contributed by atoms with E-state index < -0.39 is 0 Å². The van der Waals surface area contributed by atoms with Crippen molar-refractivity contribution in [2.45, 2.75) is 11.0 Å². The largest absolute Gasteiger partial charge is 0.178 e. The minimum absolute atomic E-state index is 0.472. The first-order valence-electron chi connectivity index (χ1n) is 5.71. The SMILES string of the molecule is SCC(SCc1ccccc1)c1ccccc1. The molecule has 0 aliphatic carbocycles. The van der Waals surface area contributed by atoms with E-state index in [1.807, 2.05) is 11.8 Å². The molecule has 0 saturated heterocycles. The van der Waals surface area contributed by atoms with Gasteiger partial charge in [0.1, 0.15) is 0 Å². The molecule has 0 spiro atoms. The summed E-state index contributed by atoms with van der Waals surface area (Å²) in [5.74, 6) is 1.92. The van der Waals surface area contributed by atoms with E-state index in [1.54, 1.807) is 0 Å². The van der Waals surface area contributed by atoms with Gasteiger partial charge >= 0.3 is 0 Å². The first kappa shape index (κ1) is 12.6. The number of rotatable bonds is 5. The molecule has 1 atom stereocenters. The van der Waals surface area contributed by atoms with E-state index in [2.05, 4.69) is 73.3 Å². The van der Waals surface area contributed by atoms with Crippen molar-refractivity contribution >= 4 is 24.4 Å². The van der Waals surface area contributed by atoms with Gasteiger partial charge in [0.25, 0.3) is 0 Å². The zero-order valence-corrected chi connectivity index (χ0v) is 11.3. The molecule has 0 aliphatic rings. The van der Waals surface area contributed by atoms with Gasteiger partial charge in [-0.1, -0.05) is 60.7 Å². The van der Waals surface area contributed by atoms with E-state index in [0.29, 0.717) is 5.25 Å². The third-order valence-corrected chi connectivity index (χ3v) is 4.58. The van der Waals surface area contributed by atoms with E-state index in [4.69, 9.17) is 0 Å². The number of hydrogen-bond acceptors (Lipinski definition) is 2. The predicted octanol–water partition coefficient (Wildman–Crippen LogP) is 4.59. The first-order valence-corrected chi connectivity index (χ1v) is 7.39. The smallest absolute Gasteiger partial charge is 0.0388 e. The van der Waals surface area contributed by atoms with Gasteiger partial charge in [-0.25, -0.2) is 0 Å². The van der Waals surface area contributed by atoms with Crippen LogP contribution in [0.15, 0.2) is 60.7 Å². The zero-order valence-electron chi connectivity index (χ0n) is 9.62. The second kappa shape index (κ2) is 6.77. The van der Waals surface area contributed by atoms with Gasteiger partial charge in [0, 0.05) is 16.8 Å². The average Bonchev–Trinajstić information content (AvgIpc) is 2.42. The summed E-state index contributed by atoms with van der Waals surface area (Å²) in [7, 11) is 0. The van der Waals surface area contributed by atoms with Gasteiger partial charge in [-0.05, 0) is 11.1 Å². The number of thiol groups is 1. The average molecular weight is 260 g/mol. The van der Waals surface area contributed by atoms with E-state index in [0.717, 1.165) is 11.5 Å². The van der Waals surface area contributed by atoms with Crippen LogP contribution in [-0.2, 0) is 5.75 Å². The van der Waals surface area contributed by atoms with Gasteiger partial charge in [-0.15, -0.1) is 11.8 Å². The molecule has 0 fully saturated rings. The third kappa shape index (κ3) is 3.83. The zero-order chi connectivity index (χ0) is 11.9. The minimum atomic E-state index is 0.472. The summed E-state index contributed by atoms with van der Waals surface area (Å²) in [6.45, 7) is 0. The summed E-state index contributed by atoms with van der Waals surface area (Å²) >= 11 is 6.40. The monoisotopic (exact) mass is 260 g/mol. The molecule has 0 heterocycles. The lowest BCUT2D eigenvalue weighted by Crippen LogP contribution is -1.96. The van der Waals surface area contributed by atoms with Crippen LogP contribution in [-0.4, -0.2) is 5.75 Å². The van der Waals surface area contributed by atoms with E-state index in [9.17, 15) is 0 Å². The van der Waals surface area contributed by atoms with Crippen molar-refractivity contribution in [1.29, 1.82) is 0 Å². The minimum Gasteiger partial charge on any atom is -0.178 e. The Hall–Kier alpha value is -0.860. The molecule has 0 amide bonds. The van der Waals surface area contributed by atoms with Crippen LogP contribution in [0.25, 0.3) is 0 Å².